The number of carbonyl (C=O) groups excluding carboxylic acids is 2. The van der Waals surface area contributed by atoms with Crippen LogP contribution in [0.1, 0.15) is 59.7 Å². The molecule has 186 valence electrons. The molecule has 0 spiro atoms. The Balaban J connectivity index is 1.36. The molecule has 5 rings (SSSR count). The number of anilines is 2. The predicted octanol–water partition coefficient (Wildman–Crippen LogP) is 6.47. The van der Waals surface area contributed by atoms with E-state index in [4.69, 9.17) is 0 Å². The van der Waals surface area contributed by atoms with Gasteiger partial charge in [-0.2, -0.15) is 0 Å². The Bertz CT molecular complexity index is 1190. The number of carbonyl (C=O) groups is 2. The van der Waals surface area contributed by atoms with Crippen molar-refractivity contribution in [3.63, 3.8) is 0 Å². The van der Waals surface area contributed by atoms with Gasteiger partial charge in [-0.25, -0.2) is 0 Å². The highest BCUT2D eigenvalue weighted by molar-refractivity contribution is 6.06. The fraction of sp³-hybridized carbons (Fsp3) is 0.355. The molecule has 2 saturated heterocycles. The van der Waals surface area contributed by atoms with Crippen molar-refractivity contribution in [2.75, 3.05) is 36.4 Å². The number of likely N-dealkylation sites (tertiary alicyclic amines) is 1. The third-order valence-corrected chi connectivity index (χ3v) is 7.51. The van der Waals surface area contributed by atoms with Crippen LogP contribution >= 0.6 is 0 Å². The molecule has 1 N–H and O–H groups in total. The molecule has 5 heteroatoms. The number of nitrogens with one attached hydrogen (secondary N) is 1. The molecule has 2 heterocycles. The molecule has 5 nitrogen and oxygen atoms in total. The van der Waals surface area contributed by atoms with Crippen LogP contribution in [0.5, 0.6) is 0 Å². The summed E-state index contributed by atoms with van der Waals surface area (Å²) in [7, 11) is 0. The van der Waals surface area contributed by atoms with E-state index in [0.717, 1.165) is 68.7 Å². The van der Waals surface area contributed by atoms with Gasteiger partial charge < -0.3 is 15.1 Å². The molecule has 0 bridgehead atoms. The topological polar surface area (TPSA) is 52.7 Å². The first-order chi connectivity index (χ1) is 17.6. The van der Waals surface area contributed by atoms with Crippen molar-refractivity contribution in [1.82, 2.24) is 4.90 Å². The van der Waals surface area contributed by atoms with Crippen LogP contribution in [0.3, 0.4) is 0 Å². The van der Waals surface area contributed by atoms with E-state index in [1.165, 1.54) is 6.42 Å². The molecule has 2 fully saturated rings. The van der Waals surface area contributed by atoms with Crippen LogP contribution in [0.15, 0.2) is 72.8 Å². The molecule has 0 aliphatic carbocycles. The molecule has 0 aromatic heterocycles. The van der Waals surface area contributed by atoms with Crippen LogP contribution in [-0.2, 0) is 0 Å². The molecule has 36 heavy (non-hydrogen) atoms. The second-order valence-corrected chi connectivity index (χ2v) is 10.2. The standard InChI is InChI=1S/C31H35N3O2/c1-23-16-20-34(21-17-23)31(36)28-22-27(14-15-29(28)33-18-6-3-7-19-33)32-30(35)26-12-10-25(11-13-26)24-8-4-2-5-9-24/h2,4-5,8-15,22-23H,3,6-7,16-21H2,1H3,(H,32,35). The van der Waals surface area contributed by atoms with Gasteiger partial charge in [0, 0.05) is 43.1 Å². The lowest BCUT2D eigenvalue weighted by Crippen LogP contribution is -2.39. The second kappa shape index (κ2) is 11.0. The summed E-state index contributed by atoms with van der Waals surface area (Å²) >= 11 is 0. The quantitative estimate of drug-likeness (QED) is 0.454. The van der Waals surface area contributed by atoms with Crippen molar-refractivity contribution in [3.8, 4) is 11.1 Å². The Morgan fingerprint density at radius 1 is 0.778 bits per heavy atom. The normalized spacial score (nSPS) is 16.6. The number of nitrogens with zero attached hydrogens (tertiary/aromatic N) is 2. The molecular formula is C31H35N3O2. The first kappa shape index (κ1) is 24.1. The van der Waals surface area contributed by atoms with Crippen molar-refractivity contribution < 1.29 is 9.59 Å². The van der Waals surface area contributed by atoms with E-state index in [-0.39, 0.29) is 11.8 Å². The Labute approximate surface area is 214 Å². The Morgan fingerprint density at radius 3 is 2.14 bits per heavy atom. The lowest BCUT2D eigenvalue weighted by molar-refractivity contribution is 0.0697. The molecular weight excluding hydrogens is 446 g/mol. The summed E-state index contributed by atoms with van der Waals surface area (Å²) in [6, 6.07) is 23.6. The summed E-state index contributed by atoms with van der Waals surface area (Å²) in [5.41, 5.74) is 5.12. The van der Waals surface area contributed by atoms with Crippen molar-refractivity contribution in [2.24, 2.45) is 5.92 Å². The third kappa shape index (κ3) is 5.46. The SMILES string of the molecule is CC1CCN(C(=O)c2cc(NC(=O)c3ccc(-c4ccccc4)cc3)ccc2N2CCCCC2)CC1. The maximum Gasteiger partial charge on any atom is 0.256 e. The van der Waals surface area contributed by atoms with Crippen LogP contribution in [0.4, 0.5) is 11.4 Å². The summed E-state index contributed by atoms with van der Waals surface area (Å²) in [4.78, 5) is 31.0. The third-order valence-electron chi connectivity index (χ3n) is 7.51. The first-order valence-electron chi connectivity index (χ1n) is 13.2. The number of rotatable bonds is 5. The van der Waals surface area contributed by atoms with Gasteiger partial charge in [0.1, 0.15) is 0 Å². The number of hydrogen-bond donors (Lipinski definition) is 1. The number of amides is 2. The minimum Gasteiger partial charge on any atom is -0.371 e. The summed E-state index contributed by atoms with van der Waals surface area (Å²) in [5.74, 6) is 0.561. The summed E-state index contributed by atoms with van der Waals surface area (Å²) in [6.07, 6.45) is 5.61. The predicted molar refractivity (Wildman–Crippen MR) is 147 cm³/mol. The molecule has 3 aromatic carbocycles. The van der Waals surface area contributed by atoms with Crippen molar-refractivity contribution >= 4 is 23.2 Å². The van der Waals surface area contributed by atoms with E-state index < -0.39 is 0 Å². The lowest BCUT2D eigenvalue weighted by Gasteiger charge is -2.34. The van der Waals surface area contributed by atoms with Gasteiger partial charge in [0.2, 0.25) is 0 Å². The van der Waals surface area contributed by atoms with Crippen molar-refractivity contribution in [2.45, 2.75) is 39.0 Å². The zero-order valence-electron chi connectivity index (χ0n) is 21.1. The minimum absolute atomic E-state index is 0.0748. The highest BCUT2D eigenvalue weighted by Crippen LogP contribution is 2.30. The molecule has 0 unspecified atom stereocenters. The van der Waals surface area contributed by atoms with Crippen LogP contribution in [0.25, 0.3) is 11.1 Å². The summed E-state index contributed by atoms with van der Waals surface area (Å²) in [5, 5.41) is 3.02. The van der Waals surface area contributed by atoms with Gasteiger partial charge >= 0.3 is 0 Å². The molecule has 2 aliphatic heterocycles. The Morgan fingerprint density at radius 2 is 1.44 bits per heavy atom. The minimum atomic E-state index is -0.175. The monoisotopic (exact) mass is 481 g/mol. The highest BCUT2D eigenvalue weighted by Gasteiger charge is 2.26. The first-order valence-corrected chi connectivity index (χ1v) is 13.2. The van der Waals surface area contributed by atoms with Gasteiger partial charge in [-0.3, -0.25) is 9.59 Å². The second-order valence-electron chi connectivity index (χ2n) is 10.2. The van der Waals surface area contributed by atoms with Crippen LogP contribution in [-0.4, -0.2) is 42.9 Å². The van der Waals surface area contributed by atoms with E-state index in [2.05, 4.69) is 29.3 Å². The molecule has 0 saturated carbocycles. The Kier molecular flexibility index (Phi) is 7.36. The van der Waals surface area contributed by atoms with E-state index in [1.54, 1.807) is 0 Å². The smallest absolute Gasteiger partial charge is 0.256 e. The zero-order chi connectivity index (χ0) is 24.9. The van der Waals surface area contributed by atoms with E-state index >= 15 is 0 Å². The molecule has 0 atom stereocenters. The van der Waals surface area contributed by atoms with E-state index in [9.17, 15) is 9.59 Å². The largest absolute Gasteiger partial charge is 0.371 e. The van der Waals surface area contributed by atoms with Crippen molar-refractivity contribution in [3.05, 3.63) is 83.9 Å². The van der Waals surface area contributed by atoms with Gasteiger partial charge in [-0.15, -0.1) is 0 Å². The van der Waals surface area contributed by atoms with E-state index in [0.29, 0.717) is 22.7 Å². The lowest BCUT2D eigenvalue weighted by atomic mass is 9.98. The van der Waals surface area contributed by atoms with Crippen LogP contribution in [0.2, 0.25) is 0 Å². The van der Waals surface area contributed by atoms with Gasteiger partial charge in [-0.05, 0) is 79.5 Å². The average molecular weight is 482 g/mol. The Hall–Kier alpha value is -3.60. The fourth-order valence-corrected chi connectivity index (χ4v) is 5.23. The zero-order valence-corrected chi connectivity index (χ0v) is 21.1. The summed E-state index contributed by atoms with van der Waals surface area (Å²) < 4.78 is 0. The van der Waals surface area contributed by atoms with Gasteiger partial charge in [-0.1, -0.05) is 49.4 Å². The van der Waals surface area contributed by atoms with E-state index in [1.807, 2.05) is 65.6 Å². The van der Waals surface area contributed by atoms with Crippen LogP contribution in [0, 0.1) is 5.92 Å². The van der Waals surface area contributed by atoms with Gasteiger partial charge in [0.05, 0.1) is 5.56 Å². The molecule has 2 aliphatic rings. The summed E-state index contributed by atoms with van der Waals surface area (Å²) in [6.45, 7) is 5.78. The maximum atomic E-state index is 13.6. The van der Waals surface area contributed by atoms with Gasteiger partial charge in [0.15, 0.2) is 0 Å². The highest BCUT2D eigenvalue weighted by atomic mass is 16.2. The fourth-order valence-electron chi connectivity index (χ4n) is 5.23. The van der Waals surface area contributed by atoms with Crippen LogP contribution < -0.4 is 10.2 Å². The number of hydrogen-bond acceptors (Lipinski definition) is 3. The maximum absolute atomic E-state index is 13.6. The van der Waals surface area contributed by atoms with Gasteiger partial charge in [0.25, 0.3) is 11.8 Å². The molecule has 0 radical (unpaired) electrons. The molecule has 2 amide bonds. The number of piperidine rings is 2. The number of benzene rings is 3. The molecule has 3 aromatic rings. The average Bonchev–Trinajstić information content (AvgIpc) is 2.94. The van der Waals surface area contributed by atoms with Crippen molar-refractivity contribution in [1.29, 1.82) is 0 Å².